The fourth-order valence-electron chi connectivity index (χ4n) is 2.13. The number of aromatic nitrogens is 1. The molecule has 0 spiro atoms. The van der Waals surface area contributed by atoms with E-state index in [1.54, 1.807) is 19.5 Å². The summed E-state index contributed by atoms with van der Waals surface area (Å²) in [6.07, 6.45) is 5.92. The summed E-state index contributed by atoms with van der Waals surface area (Å²) in [6.45, 7) is 0. The fourth-order valence-corrected chi connectivity index (χ4v) is 2.13. The number of rotatable bonds is 3. The van der Waals surface area contributed by atoms with Gasteiger partial charge in [0.2, 0.25) is 0 Å². The molecule has 2 rings (SSSR count). The van der Waals surface area contributed by atoms with Crippen molar-refractivity contribution < 1.29 is 14.6 Å². The Morgan fingerprint density at radius 2 is 2.35 bits per heavy atom. The van der Waals surface area contributed by atoms with Crippen LogP contribution in [0.25, 0.3) is 0 Å². The summed E-state index contributed by atoms with van der Waals surface area (Å²) >= 11 is 0. The molecular weight excluding hydrogens is 220 g/mol. The third kappa shape index (κ3) is 2.74. The van der Waals surface area contributed by atoms with Crippen LogP contribution in [0, 0.1) is 0 Å². The Morgan fingerprint density at radius 3 is 3.06 bits per heavy atom. The van der Waals surface area contributed by atoms with Crippen molar-refractivity contribution in [2.75, 3.05) is 7.11 Å². The van der Waals surface area contributed by atoms with Crippen molar-refractivity contribution in [3.8, 4) is 5.75 Å². The van der Waals surface area contributed by atoms with Gasteiger partial charge in [-0.05, 0) is 30.9 Å². The summed E-state index contributed by atoms with van der Waals surface area (Å²) < 4.78 is 5.11. The summed E-state index contributed by atoms with van der Waals surface area (Å²) in [5.74, 6) is -0.0905. The van der Waals surface area contributed by atoms with Gasteiger partial charge in [0.25, 0.3) is 0 Å². The number of nitrogens with one attached hydrogen (secondary N) is 1. The van der Waals surface area contributed by atoms with E-state index >= 15 is 0 Å². The lowest BCUT2D eigenvalue weighted by Crippen LogP contribution is -2.42. The van der Waals surface area contributed by atoms with Crippen LogP contribution >= 0.6 is 0 Å². The number of carboxylic acids is 1. The van der Waals surface area contributed by atoms with Gasteiger partial charge in [-0.3, -0.25) is 15.1 Å². The SMILES string of the molecule is COc1cncc(C2CCCC(C(=O)O)N2)c1. The first-order valence-corrected chi connectivity index (χ1v) is 5.68. The molecule has 1 aromatic heterocycles. The zero-order valence-electron chi connectivity index (χ0n) is 9.72. The highest BCUT2D eigenvalue weighted by Gasteiger charge is 2.27. The molecule has 0 aromatic carbocycles. The maximum Gasteiger partial charge on any atom is 0.320 e. The molecule has 0 saturated carbocycles. The van der Waals surface area contributed by atoms with Gasteiger partial charge in [0, 0.05) is 12.2 Å². The minimum absolute atomic E-state index is 0.0486. The average molecular weight is 236 g/mol. The number of piperidine rings is 1. The van der Waals surface area contributed by atoms with E-state index in [2.05, 4.69) is 10.3 Å². The van der Waals surface area contributed by atoms with Crippen LogP contribution in [0.4, 0.5) is 0 Å². The third-order valence-electron chi connectivity index (χ3n) is 3.06. The van der Waals surface area contributed by atoms with Crippen molar-refractivity contribution >= 4 is 5.97 Å². The van der Waals surface area contributed by atoms with E-state index in [9.17, 15) is 4.79 Å². The molecule has 5 heteroatoms. The topological polar surface area (TPSA) is 71.5 Å². The monoisotopic (exact) mass is 236 g/mol. The van der Waals surface area contributed by atoms with Crippen molar-refractivity contribution in [2.24, 2.45) is 0 Å². The molecule has 2 atom stereocenters. The number of hydrogen-bond donors (Lipinski definition) is 2. The van der Waals surface area contributed by atoms with Crippen molar-refractivity contribution in [2.45, 2.75) is 31.3 Å². The van der Waals surface area contributed by atoms with Gasteiger partial charge in [0.05, 0.1) is 13.3 Å². The van der Waals surface area contributed by atoms with E-state index in [1.165, 1.54) is 0 Å². The van der Waals surface area contributed by atoms with E-state index < -0.39 is 12.0 Å². The summed E-state index contributed by atoms with van der Waals surface area (Å²) in [5.41, 5.74) is 0.982. The standard InChI is InChI=1S/C12H16N2O3/c1-17-9-5-8(6-13-7-9)10-3-2-4-11(14-10)12(15)16/h5-7,10-11,14H,2-4H2,1H3,(H,15,16). The van der Waals surface area contributed by atoms with Crippen molar-refractivity contribution in [3.63, 3.8) is 0 Å². The molecule has 0 aliphatic carbocycles. The zero-order chi connectivity index (χ0) is 12.3. The quantitative estimate of drug-likeness (QED) is 0.829. The smallest absolute Gasteiger partial charge is 0.320 e. The Kier molecular flexibility index (Phi) is 3.58. The number of pyridine rings is 1. The minimum Gasteiger partial charge on any atom is -0.495 e. The highest BCUT2D eigenvalue weighted by atomic mass is 16.5. The zero-order valence-corrected chi connectivity index (χ0v) is 9.72. The fraction of sp³-hybridized carbons (Fsp3) is 0.500. The molecule has 0 radical (unpaired) electrons. The van der Waals surface area contributed by atoms with Crippen LogP contribution in [0.1, 0.15) is 30.9 Å². The first kappa shape index (κ1) is 11.9. The average Bonchev–Trinajstić information content (AvgIpc) is 2.39. The minimum atomic E-state index is -0.787. The molecule has 2 N–H and O–H groups in total. The van der Waals surface area contributed by atoms with E-state index in [0.717, 1.165) is 18.4 Å². The second-order valence-corrected chi connectivity index (χ2v) is 4.20. The van der Waals surface area contributed by atoms with Crippen LogP contribution in [0.5, 0.6) is 5.75 Å². The number of methoxy groups -OCH3 is 1. The van der Waals surface area contributed by atoms with Gasteiger partial charge in [-0.15, -0.1) is 0 Å². The first-order chi connectivity index (χ1) is 8.20. The van der Waals surface area contributed by atoms with Gasteiger partial charge in [-0.2, -0.15) is 0 Å². The van der Waals surface area contributed by atoms with Crippen LogP contribution in [-0.2, 0) is 4.79 Å². The highest BCUT2D eigenvalue weighted by molar-refractivity contribution is 5.73. The van der Waals surface area contributed by atoms with E-state index in [1.807, 2.05) is 6.07 Å². The lowest BCUT2D eigenvalue weighted by Gasteiger charge is -2.28. The van der Waals surface area contributed by atoms with Gasteiger partial charge >= 0.3 is 5.97 Å². The third-order valence-corrected chi connectivity index (χ3v) is 3.06. The lowest BCUT2D eigenvalue weighted by molar-refractivity contribution is -0.140. The van der Waals surface area contributed by atoms with Gasteiger partial charge in [0.15, 0.2) is 0 Å². The van der Waals surface area contributed by atoms with Gasteiger partial charge in [-0.1, -0.05) is 0 Å². The molecule has 1 aromatic rings. The Morgan fingerprint density at radius 1 is 1.53 bits per heavy atom. The molecule has 1 fully saturated rings. The Hall–Kier alpha value is -1.62. The lowest BCUT2D eigenvalue weighted by atomic mass is 9.94. The molecule has 2 heterocycles. The molecule has 1 saturated heterocycles. The summed E-state index contributed by atoms with van der Waals surface area (Å²) in [6, 6.07) is 1.49. The van der Waals surface area contributed by atoms with Gasteiger partial charge in [-0.25, -0.2) is 0 Å². The molecular formula is C12H16N2O3. The van der Waals surface area contributed by atoms with E-state index in [4.69, 9.17) is 9.84 Å². The second-order valence-electron chi connectivity index (χ2n) is 4.20. The maximum absolute atomic E-state index is 11.0. The van der Waals surface area contributed by atoms with Gasteiger partial charge in [0.1, 0.15) is 11.8 Å². The number of aliphatic carboxylic acids is 1. The molecule has 1 aliphatic rings. The second kappa shape index (κ2) is 5.14. The number of carboxylic acid groups (broad SMARTS) is 1. The summed E-state index contributed by atoms with van der Waals surface area (Å²) in [7, 11) is 1.59. The summed E-state index contributed by atoms with van der Waals surface area (Å²) in [4.78, 5) is 15.0. The van der Waals surface area contributed by atoms with Crippen LogP contribution in [0.15, 0.2) is 18.5 Å². The van der Waals surface area contributed by atoms with Crippen LogP contribution in [-0.4, -0.2) is 29.2 Å². The number of nitrogens with zero attached hydrogens (tertiary/aromatic N) is 1. The number of hydrogen-bond acceptors (Lipinski definition) is 4. The molecule has 5 nitrogen and oxygen atoms in total. The van der Waals surface area contributed by atoms with Crippen LogP contribution < -0.4 is 10.1 Å². The Balaban J connectivity index is 2.13. The number of carbonyl (C=O) groups is 1. The van der Waals surface area contributed by atoms with Crippen molar-refractivity contribution in [1.29, 1.82) is 0 Å². The summed E-state index contributed by atoms with van der Waals surface area (Å²) in [5, 5.41) is 12.1. The molecule has 0 amide bonds. The molecule has 1 aliphatic heterocycles. The Bertz CT molecular complexity index is 408. The largest absolute Gasteiger partial charge is 0.495 e. The highest BCUT2D eigenvalue weighted by Crippen LogP contribution is 2.27. The Labute approximate surface area is 99.8 Å². The number of ether oxygens (including phenoxy) is 1. The van der Waals surface area contributed by atoms with E-state index in [-0.39, 0.29) is 6.04 Å². The predicted octanol–water partition coefficient (Wildman–Crippen LogP) is 1.36. The van der Waals surface area contributed by atoms with Crippen LogP contribution in [0.3, 0.4) is 0 Å². The van der Waals surface area contributed by atoms with Gasteiger partial charge < -0.3 is 9.84 Å². The molecule has 17 heavy (non-hydrogen) atoms. The molecule has 2 unspecified atom stereocenters. The molecule has 92 valence electrons. The van der Waals surface area contributed by atoms with Crippen LogP contribution in [0.2, 0.25) is 0 Å². The normalized spacial score (nSPS) is 24.3. The van der Waals surface area contributed by atoms with E-state index in [0.29, 0.717) is 12.2 Å². The maximum atomic E-state index is 11.0. The predicted molar refractivity (Wildman–Crippen MR) is 61.9 cm³/mol. The van der Waals surface area contributed by atoms with Crippen molar-refractivity contribution in [1.82, 2.24) is 10.3 Å². The first-order valence-electron chi connectivity index (χ1n) is 5.68. The van der Waals surface area contributed by atoms with Crippen molar-refractivity contribution in [3.05, 3.63) is 24.0 Å². The molecule has 0 bridgehead atoms.